The molecule has 1 amide bonds. The van der Waals surface area contributed by atoms with Crippen molar-refractivity contribution >= 4 is 6.09 Å². The van der Waals surface area contributed by atoms with Gasteiger partial charge >= 0.3 is 6.09 Å². The maximum Gasteiger partial charge on any atom is 0.427 e. The zero-order chi connectivity index (χ0) is 6.85. The predicted molar refractivity (Wildman–Crippen MR) is 29.9 cm³/mol. The van der Waals surface area contributed by atoms with Crippen molar-refractivity contribution in [2.45, 2.75) is 0 Å². The number of rotatable bonds is 0. The smallest absolute Gasteiger partial charge is 0.427 e. The van der Waals surface area contributed by atoms with Crippen molar-refractivity contribution in [1.29, 1.82) is 0 Å². The fourth-order valence-corrected chi connectivity index (χ4v) is 0.602. The van der Waals surface area contributed by atoms with E-state index in [0.717, 1.165) is 10.1 Å². The number of nitrogens with two attached hydrogens (primary N) is 1. The second-order valence-corrected chi connectivity index (χ2v) is 1.63. The molecule has 0 spiro atoms. The second kappa shape index (κ2) is 2.04. The monoisotopic (exact) mass is 129 g/mol. The van der Waals surface area contributed by atoms with Crippen LogP contribution in [0.1, 0.15) is 0 Å². The van der Waals surface area contributed by atoms with Crippen molar-refractivity contribution in [3.8, 4) is 0 Å². The third kappa shape index (κ3) is 1.01. The van der Waals surface area contributed by atoms with E-state index in [1.165, 1.54) is 6.20 Å². The van der Waals surface area contributed by atoms with Crippen LogP contribution in [0.5, 0.6) is 0 Å². The van der Waals surface area contributed by atoms with E-state index < -0.39 is 6.09 Å². The maximum absolute atomic E-state index is 10.2. The molecule has 1 heterocycles. The van der Waals surface area contributed by atoms with Crippen LogP contribution in [0.25, 0.3) is 0 Å². The quantitative estimate of drug-likeness (QED) is 0.436. The highest BCUT2D eigenvalue weighted by Gasteiger charge is 2.17. The first-order valence-corrected chi connectivity index (χ1v) is 2.43. The van der Waals surface area contributed by atoms with Crippen molar-refractivity contribution < 1.29 is 9.90 Å². The van der Waals surface area contributed by atoms with E-state index in [0.29, 0.717) is 6.54 Å². The van der Waals surface area contributed by atoms with Crippen LogP contribution in [0, 0.1) is 0 Å². The van der Waals surface area contributed by atoms with Crippen molar-refractivity contribution in [2.24, 2.45) is 5.84 Å². The standard InChI is InChI=1S/C4H7N3O2/c5-7-3-1-2-6(7)4(8)9/h1-2H,3,5H2,(H,8,9). The summed E-state index contributed by atoms with van der Waals surface area (Å²) >= 11 is 0. The molecule has 0 aromatic carbocycles. The average Bonchev–Trinajstić information content (AvgIpc) is 2.13. The molecule has 5 nitrogen and oxygen atoms in total. The van der Waals surface area contributed by atoms with Crippen molar-refractivity contribution in [2.75, 3.05) is 6.54 Å². The van der Waals surface area contributed by atoms with E-state index in [-0.39, 0.29) is 0 Å². The van der Waals surface area contributed by atoms with Crippen LogP contribution in [0.2, 0.25) is 0 Å². The summed E-state index contributed by atoms with van der Waals surface area (Å²) in [6.45, 7) is 0.451. The van der Waals surface area contributed by atoms with Gasteiger partial charge in [0.1, 0.15) is 0 Å². The summed E-state index contributed by atoms with van der Waals surface area (Å²) in [6.07, 6.45) is 2.00. The molecule has 1 aliphatic heterocycles. The molecule has 0 aromatic heterocycles. The van der Waals surface area contributed by atoms with Gasteiger partial charge in [0.25, 0.3) is 0 Å². The molecule has 0 fully saturated rings. The molecule has 0 saturated carbocycles. The number of carboxylic acid groups (broad SMARTS) is 1. The molecule has 0 saturated heterocycles. The first-order valence-electron chi connectivity index (χ1n) is 2.43. The molecule has 9 heavy (non-hydrogen) atoms. The number of hydrogen-bond acceptors (Lipinski definition) is 3. The van der Waals surface area contributed by atoms with Gasteiger partial charge in [0.2, 0.25) is 0 Å². The molecule has 0 unspecified atom stereocenters. The van der Waals surface area contributed by atoms with Gasteiger partial charge in [-0.3, -0.25) is 0 Å². The Bertz CT molecular complexity index is 156. The molecule has 0 bridgehead atoms. The Morgan fingerprint density at radius 3 is 2.67 bits per heavy atom. The van der Waals surface area contributed by atoms with Crippen LogP contribution in [0.4, 0.5) is 4.79 Å². The Balaban J connectivity index is 2.59. The SMILES string of the molecule is NN1CC=CN1C(=O)O. The molecule has 5 heteroatoms. The van der Waals surface area contributed by atoms with E-state index in [2.05, 4.69) is 0 Å². The summed E-state index contributed by atoms with van der Waals surface area (Å²) < 4.78 is 0. The highest BCUT2D eigenvalue weighted by molar-refractivity contribution is 5.65. The van der Waals surface area contributed by atoms with Crippen molar-refractivity contribution in [3.05, 3.63) is 12.3 Å². The third-order valence-corrected chi connectivity index (χ3v) is 1.01. The fraction of sp³-hybridized carbons (Fsp3) is 0.250. The van der Waals surface area contributed by atoms with Crippen LogP contribution < -0.4 is 5.84 Å². The predicted octanol–water partition coefficient (Wildman–Crippen LogP) is -0.416. The molecule has 50 valence electrons. The van der Waals surface area contributed by atoms with Crippen molar-refractivity contribution in [1.82, 2.24) is 10.1 Å². The third-order valence-electron chi connectivity index (χ3n) is 1.01. The van der Waals surface area contributed by atoms with Gasteiger partial charge in [-0.25, -0.2) is 15.6 Å². The number of amides is 1. The number of hydrogen-bond donors (Lipinski definition) is 2. The molecule has 1 rings (SSSR count). The molecular weight excluding hydrogens is 122 g/mol. The minimum atomic E-state index is -1.06. The zero-order valence-corrected chi connectivity index (χ0v) is 4.69. The van der Waals surface area contributed by atoms with E-state index in [4.69, 9.17) is 10.9 Å². The van der Waals surface area contributed by atoms with Gasteiger partial charge in [0.05, 0.1) is 6.54 Å². The van der Waals surface area contributed by atoms with Gasteiger partial charge in [-0.2, -0.15) is 0 Å². The van der Waals surface area contributed by atoms with E-state index in [1.54, 1.807) is 6.08 Å². The lowest BCUT2D eigenvalue weighted by atomic mass is 10.6. The summed E-state index contributed by atoms with van der Waals surface area (Å²) in [5, 5.41) is 10.4. The van der Waals surface area contributed by atoms with Gasteiger partial charge in [-0.15, -0.1) is 5.12 Å². The zero-order valence-electron chi connectivity index (χ0n) is 4.69. The summed E-state index contributed by atoms with van der Waals surface area (Å²) in [7, 11) is 0. The van der Waals surface area contributed by atoms with Crippen LogP contribution >= 0.6 is 0 Å². The van der Waals surface area contributed by atoms with Gasteiger partial charge < -0.3 is 5.11 Å². The molecule has 0 atom stereocenters. The van der Waals surface area contributed by atoms with Crippen LogP contribution in [0.3, 0.4) is 0 Å². The van der Waals surface area contributed by atoms with Gasteiger partial charge in [0, 0.05) is 6.20 Å². The molecule has 1 aliphatic rings. The Morgan fingerprint density at radius 1 is 1.78 bits per heavy atom. The lowest BCUT2D eigenvalue weighted by Crippen LogP contribution is -2.43. The minimum absolute atomic E-state index is 0.451. The number of nitrogens with zero attached hydrogens (tertiary/aromatic N) is 2. The van der Waals surface area contributed by atoms with Crippen molar-refractivity contribution in [3.63, 3.8) is 0 Å². The Kier molecular flexibility index (Phi) is 1.37. The van der Waals surface area contributed by atoms with Gasteiger partial charge in [0.15, 0.2) is 0 Å². The number of carbonyl (C=O) groups is 1. The lowest BCUT2D eigenvalue weighted by molar-refractivity contribution is 0.0508. The Hall–Kier alpha value is -1.07. The molecule has 0 aliphatic carbocycles. The van der Waals surface area contributed by atoms with Crippen LogP contribution in [-0.4, -0.2) is 27.9 Å². The van der Waals surface area contributed by atoms with Crippen LogP contribution in [-0.2, 0) is 0 Å². The highest BCUT2D eigenvalue weighted by Crippen LogP contribution is 2.01. The summed E-state index contributed by atoms with van der Waals surface area (Å²) in [4.78, 5) is 10.2. The minimum Gasteiger partial charge on any atom is -0.464 e. The summed E-state index contributed by atoms with van der Waals surface area (Å²) in [5.74, 6) is 5.20. The van der Waals surface area contributed by atoms with E-state index in [1.807, 2.05) is 0 Å². The van der Waals surface area contributed by atoms with Gasteiger partial charge in [-0.1, -0.05) is 0 Å². The molecule has 3 N–H and O–H groups in total. The first-order chi connectivity index (χ1) is 4.22. The van der Waals surface area contributed by atoms with E-state index in [9.17, 15) is 4.79 Å². The fourth-order valence-electron chi connectivity index (χ4n) is 0.602. The maximum atomic E-state index is 10.2. The summed E-state index contributed by atoms with van der Waals surface area (Å²) in [6, 6.07) is 0. The largest absolute Gasteiger partial charge is 0.464 e. The Labute approximate surface area is 51.9 Å². The van der Waals surface area contributed by atoms with Crippen LogP contribution in [0.15, 0.2) is 12.3 Å². The average molecular weight is 129 g/mol. The van der Waals surface area contributed by atoms with Gasteiger partial charge in [-0.05, 0) is 6.08 Å². The van der Waals surface area contributed by atoms with E-state index >= 15 is 0 Å². The molecule has 0 radical (unpaired) electrons. The second-order valence-electron chi connectivity index (χ2n) is 1.63. The lowest BCUT2D eigenvalue weighted by Gasteiger charge is -2.17. The topological polar surface area (TPSA) is 69.8 Å². The first kappa shape index (κ1) is 6.06. The molecule has 0 aromatic rings. The normalized spacial score (nSPS) is 19.0. The Morgan fingerprint density at radius 2 is 2.44 bits per heavy atom. The molecular formula is C4H7N3O2. The highest BCUT2D eigenvalue weighted by atomic mass is 16.4. The summed E-state index contributed by atoms with van der Waals surface area (Å²) in [5.41, 5.74) is 0. The number of hydrazine groups is 2.